The highest BCUT2D eigenvalue weighted by molar-refractivity contribution is 5.94. The molecule has 28 heavy (non-hydrogen) atoms. The van der Waals surface area contributed by atoms with E-state index in [9.17, 15) is 10.2 Å². The van der Waals surface area contributed by atoms with Crippen LogP contribution in [0.3, 0.4) is 0 Å². The van der Waals surface area contributed by atoms with Crippen molar-refractivity contribution in [1.29, 1.82) is 0 Å². The van der Waals surface area contributed by atoms with Crippen LogP contribution in [0.2, 0.25) is 0 Å². The first-order valence-corrected chi connectivity index (χ1v) is 10.2. The van der Waals surface area contributed by atoms with Crippen LogP contribution in [-0.4, -0.2) is 36.6 Å². The maximum Gasteiger partial charge on any atom is 0.128 e. The molecule has 2 heterocycles. The summed E-state index contributed by atoms with van der Waals surface area (Å²) in [4.78, 5) is 0. The normalized spacial score (nSPS) is 21.6. The van der Waals surface area contributed by atoms with Crippen molar-refractivity contribution >= 4 is 10.8 Å². The summed E-state index contributed by atoms with van der Waals surface area (Å²) in [6, 6.07) is 6.66. The van der Waals surface area contributed by atoms with E-state index in [2.05, 4.69) is 0 Å². The summed E-state index contributed by atoms with van der Waals surface area (Å²) in [5.74, 6) is 0.902. The van der Waals surface area contributed by atoms with E-state index in [0.717, 1.165) is 36.6 Å². The molecule has 6 nitrogen and oxygen atoms in total. The Kier molecular flexibility index (Phi) is 5.73. The molecule has 0 bridgehead atoms. The first kappa shape index (κ1) is 19.5. The zero-order chi connectivity index (χ0) is 19.7. The number of phenolic OH excluding ortho intramolecular Hbond substituents is 2. The number of fused-ring (bicyclic) bond motifs is 1. The summed E-state index contributed by atoms with van der Waals surface area (Å²) < 4.78 is 10.9. The molecular formula is C22H30N2O4. The fourth-order valence-electron chi connectivity index (χ4n) is 4.68. The van der Waals surface area contributed by atoms with Crippen molar-refractivity contribution in [3.8, 4) is 11.5 Å². The van der Waals surface area contributed by atoms with Crippen molar-refractivity contribution in [3.05, 3.63) is 35.4 Å². The summed E-state index contributed by atoms with van der Waals surface area (Å²) >= 11 is 0. The largest absolute Gasteiger partial charge is 0.508 e. The van der Waals surface area contributed by atoms with E-state index in [1.807, 2.05) is 12.1 Å². The number of rotatable bonds is 4. The van der Waals surface area contributed by atoms with Gasteiger partial charge in [0.1, 0.15) is 11.5 Å². The highest BCUT2D eigenvalue weighted by Crippen LogP contribution is 2.43. The van der Waals surface area contributed by atoms with Gasteiger partial charge in [-0.25, -0.2) is 0 Å². The van der Waals surface area contributed by atoms with E-state index in [4.69, 9.17) is 20.9 Å². The van der Waals surface area contributed by atoms with Crippen molar-refractivity contribution in [3.63, 3.8) is 0 Å². The molecule has 152 valence electrons. The standard InChI is InChI=1S/C22H30N2O4/c23-20(13-5-9-27-10-6-13)17-2-1-15-16(22(17)26)3-4-18(25)19(15)21(24)14-7-11-28-12-8-14/h1-4,13-14,20-21,25-26H,5-12,23-24H2. The first-order valence-electron chi connectivity index (χ1n) is 10.2. The number of nitrogens with two attached hydrogens (primary N) is 2. The maximum atomic E-state index is 11.0. The van der Waals surface area contributed by atoms with E-state index < -0.39 is 0 Å². The molecule has 0 radical (unpaired) electrons. The lowest BCUT2D eigenvalue weighted by atomic mass is 9.83. The molecular weight excluding hydrogens is 356 g/mol. The Morgan fingerprint density at radius 3 is 1.89 bits per heavy atom. The van der Waals surface area contributed by atoms with Gasteiger partial charge in [0, 0.05) is 55.0 Å². The lowest BCUT2D eigenvalue weighted by Gasteiger charge is -2.30. The lowest BCUT2D eigenvalue weighted by molar-refractivity contribution is 0.0581. The Hall–Kier alpha value is -1.86. The van der Waals surface area contributed by atoms with Gasteiger partial charge in [0.05, 0.1) is 0 Å². The van der Waals surface area contributed by atoms with E-state index in [1.54, 1.807) is 12.1 Å². The van der Waals surface area contributed by atoms with Gasteiger partial charge in [-0.15, -0.1) is 0 Å². The summed E-state index contributed by atoms with van der Waals surface area (Å²) in [5, 5.41) is 23.0. The number of hydrogen-bond acceptors (Lipinski definition) is 6. The van der Waals surface area contributed by atoms with Gasteiger partial charge in [-0.2, -0.15) is 0 Å². The Morgan fingerprint density at radius 1 is 0.750 bits per heavy atom. The third-order valence-corrected chi connectivity index (χ3v) is 6.46. The zero-order valence-electron chi connectivity index (χ0n) is 16.1. The summed E-state index contributed by atoms with van der Waals surface area (Å²) in [5.41, 5.74) is 14.5. The average Bonchev–Trinajstić information content (AvgIpc) is 2.74. The van der Waals surface area contributed by atoms with Crippen LogP contribution in [0.1, 0.15) is 48.9 Å². The molecule has 0 saturated carbocycles. The molecule has 0 aliphatic carbocycles. The van der Waals surface area contributed by atoms with Gasteiger partial charge in [-0.05, 0) is 55.0 Å². The van der Waals surface area contributed by atoms with Crippen LogP contribution in [0.15, 0.2) is 24.3 Å². The molecule has 0 spiro atoms. The first-order chi connectivity index (χ1) is 13.6. The molecule has 2 aromatic rings. The van der Waals surface area contributed by atoms with Crippen molar-refractivity contribution in [1.82, 2.24) is 0 Å². The smallest absolute Gasteiger partial charge is 0.128 e. The molecule has 2 atom stereocenters. The van der Waals surface area contributed by atoms with Gasteiger partial charge in [-0.3, -0.25) is 0 Å². The molecule has 2 saturated heterocycles. The molecule has 2 aromatic carbocycles. The minimum absolute atomic E-state index is 0.173. The van der Waals surface area contributed by atoms with Gasteiger partial charge >= 0.3 is 0 Å². The number of ether oxygens (including phenoxy) is 2. The molecule has 4 rings (SSSR count). The second-order valence-corrected chi connectivity index (χ2v) is 8.05. The molecule has 2 fully saturated rings. The third kappa shape index (κ3) is 3.57. The quantitative estimate of drug-likeness (QED) is 0.643. The van der Waals surface area contributed by atoms with E-state index in [1.165, 1.54) is 0 Å². The average molecular weight is 386 g/mol. The van der Waals surface area contributed by atoms with Gasteiger partial charge in [-0.1, -0.05) is 12.1 Å². The lowest BCUT2D eigenvalue weighted by Crippen LogP contribution is -2.28. The predicted molar refractivity (Wildman–Crippen MR) is 108 cm³/mol. The van der Waals surface area contributed by atoms with Crippen LogP contribution in [0.5, 0.6) is 11.5 Å². The van der Waals surface area contributed by atoms with Crippen LogP contribution in [0, 0.1) is 11.8 Å². The highest BCUT2D eigenvalue weighted by Gasteiger charge is 2.28. The van der Waals surface area contributed by atoms with Gasteiger partial charge < -0.3 is 31.2 Å². The van der Waals surface area contributed by atoms with Crippen LogP contribution in [-0.2, 0) is 9.47 Å². The van der Waals surface area contributed by atoms with Gasteiger partial charge in [0.25, 0.3) is 0 Å². The maximum absolute atomic E-state index is 11.0. The fraction of sp³-hybridized carbons (Fsp3) is 0.545. The van der Waals surface area contributed by atoms with E-state index in [-0.39, 0.29) is 35.4 Å². The molecule has 6 heteroatoms. The van der Waals surface area contributed by atoms with Gasteiger partial charge in [0.2, 0.25) is 0 Å². The van der Waals surface area contributed by atoms with Crippen molar-refractivity contribution < 1.29 is 19.7 Å². The molecule has 0 amide bonds. The fourth-order valence-corrected chi connectivity index (χ4v) is 4.68. The van der Waals surface area contributed by atoms with E-state index >= 15 is 0 Å². The summed E-state index contributed by atoms with van der Waals surface area (Å²) in [7, 11) is 0. The monoisotopic (exact) mass is 386 g/mol. The van der Waals surface area contributed by atoms with Crippen molar-refractivity contribution in [2.45, 2.75) is 37.8 Å². The summed E-state index contributed by atoms with van der Waals surface area (Å²) in [6.45, 7) is 2.81. The second-order valence-electron chi connectivity index (χ2n) is 8.05. The number of phenols is 2. The topological polar surface area (TPSA) is 111 Å². The van der Waals surface area contributed by atoms with E-state index in [0.29, 0.717) is 37.4 Å². The third-order valence-electron chi connectivity index (χ3n) is 6.46. The second kappa shape index (κ2) is 8.25. The SMILES string of the molecule is NC(c1ccc2c(C(N)C3CCOCC3)c(O)ccc2c1O)C1CCOCC1. The molecule has 2 aliphatic rings. The number of aromatic hydroxyl groups is 2. The minimum atomic E-state index is -0.304. The molecule has 2 aliphatic heterocycles. The van der Waals surface area contributed by atoms with Crippen LogP contribution in [0.4, 0.5) is 0 Å². The van der Waals surface area contributed by atoms with Crippen molar-refractivity contribution in [2.75, 3.05) is 26.4 Å². The van der Waals surface area contributed by atoms with Crippen molar-refractivity contribution in [2.24, 2.45) is 23.3 Å². The molecule has 2 unspecified atom stereocenters. The zero-order valence-corrected chi connectivity index (χ0v) is 16.1. The Bertz CT molecular complexity index is 829. The predicted octanol–water partition coefficient (Wildman–Crippen LogP) is 3.10. The number of benzene rings is 2. The Labute approximate surface area is 165 Å². The minimum Gasteiger partial charge on any atom is -0.508 e. The summed E-state index contributed by atoms with van der Waals surface area (Å²) in [6.07, 6.45) is 3.54. The van der Waals surface area contributed by atoms with Crippen LogP contribution < -0.4 is 11.5 Å². The van der Waals surface area contributed by atoms with Crippen LogP contribution >= 0.6 is 0 Å². The van der Waals surface area contributed by atoms with Gasteiger partial charge in [0.15, 0.2) is 0 Å². The Morgan fingerprint density at radius 2 is 1.29 bits per heavy atom. The molecule has 0 aromatic heterocycles. The van der Waals surface area contributed by atoms with Crippen LogP contribution in [0.25, 0.3) is 10.8 Å². The molecule has 6 N–H and O–H groups in total. The highest BCUT2D eigenvalue weighted by atomic mass is 16.5. The Balaban J connectivity index is 1.72. The number of hydrogen-bond donors (Lipinski definition) is 4.